The molecule has 1 fully saturated rings. The van der Waals surface area contributed by atoms with Crippen molar-refractivity contribution in [3.05, 3.63) is 35.4 Å². The zero-order valence-corrected chi connectivity index (χ0v) is 12.8. The Balaban J connectivity index is 1.62. The van der Waals surface area contributed by atoms with Crippen LogP contribution in [0.15, 0.2) is 24.3 Å². The molecule has 0 aliphatic carbocycles. The largest absolute Gasteiger partial charge is 0.379 e. The third kappa shape index (κ3) is 3.05. The molecule has 0 saturated carbocycles. The Morgan fingerprint density at radius 1 is 1.05 bits per heavy atom. The van der Waals surface area contributed by atoms with Gasteiger partial charge < -0.3 is 4.74 Å². The van der Waals surface area contributed by atoms with Crippen molar-refractivity contribution in [1.29, 1.82) is 0 Å². The van der Waals surface area contributed by atoms with Crippen LogP contribution < -0.4 is 0 Å². The molecule has 20 heavy (non-hydrogen) atoms. The summed E-state index contributed by atoms with van der Waals surface area (Å²) in [5.74, 6) is 0. The van der Waals surface area contributed by atoms with Crippen LogP contribution in [0.25, 0.3) is 0 Å². The summed E-state index contributed by atoms with van der Waals surface area (Å²) in [7, 11) is 0. The van der Waals surface area contributed by atoms with Gasteiger partial charge in [0.1, 0.15) is 0 Å². The van der Waals surface area contributed by atoms with E-state index >= 15 is 0 Å². The van der Waals surface area contributed by atoms with Gasteiger partial charge in [-0.05, 0) is 11.1 Å². The minimum Gasteiger partial charge on any atom is -0.379 e. The first kappa shape index (κ1) is 14.1. The fourth-order valence-electron chi connectivity index (χ4n) is 3.53. The third-order valence-electron chi connectivity index (χ3n) is 4.60. The van der Waals surface area contributed by atoms with E-state index in [4.69, 9.17) is 4.74 Å². The Morgan fingerprint density at radius 3 is 2.55 bits per heavy atom. The molecule has 2 aliphatic heterocycles. The molecule has 2 heterocycles. The van der Waals surface area contributed by atoms with Crippen molar-refractivity contribution in [3.63, 3.8) is 0 Å². The van der Waals surface area contributed by atoms with E-state index in [1.165, 1.54) is 17.7 Å². The predicted molar refractivity (Wildman–Crippen MR) is 82.0 cm³/mol. The molecule has 1 aromatic rings. The maximum absolute atomic E-state index is 5.42. The number of hydrogen-bond acceptors (Lipinski definition) is 3. The lowest BCUT2D eigenvalue weighted by Crippen LogP contribution is -2.46. The number of rotatable bonds is 3. The van der Waals surface area contributed by atoms with E-state index in [9.17, 15) is 0 Å². The monoisotopic (exact) mass is 274 g/mol. The van der Waals surface area contributed by atoms with Crippen molar-refractivity contribution in [1.82, 2.24) is 9.80 Å². The molecule has 3 nitrogen and oxygen atoms in total. The minimum atomic E-state index is 0.264. The standard InChI is InChI=1S/C17H26N2O/c1-17(2)14-19(8-7-18-9-11-20-12-10-18)13-15-5-3-4-6-16(15)17/h3-6H,7-14H2,1-2H3. The number of fused-ring (bicyclic) bond motifs is 1. The van der Waals surface area contributed by atoms with Gasteiger partial charge in [0.05, 0.1) is 13.2 Å². The van der Waals surface area contributed by atoms with Crippen molar-refractivity contribution in [2.45, 2.75) is 25.8 Å². The van der Waals surface area contributed by atoms with Gasteiger partial charge in [-0.25, -0.2) is 0 Å². The van der Waals surface area contributed by atoms with Gasteiger partial charge >= 0.3 is 0 Å². The Kier molecular flexibility index (Phi) is 4.11. The highest BCUT2D eigenvalue weighted by Gasteiger charge is 2.31. The molecule has 110 valence electrons. The number of hydrogen-bond donors (Lipinski definition) is 0. The van der Waals surface area contributed by atoms with Gasteiger partial charge in [0.2, 0.25) is 0 Å². The molecule has 0 aromatic heterocycles. The molecule has 3 rings (SSSR count). The van der Waals surface area contributed by atoms with Crippen LogP contribution in [-0.4, -0.2) is 55.7 Å². The second-order valence-electron chi connectivity index (χ2n) is 6.71. The normalized spacial score (nSPS) is 23.5. The molecule has 2 aliphatic rings. The van der Waals surface area contributed by atoms with Crippen molar-refractivity contribution in [2.75, 3.05) is 45.9 Å². The Morgan fingerprint density at radius 2 is 1.75 bits per heavy atom. The SMILES string of the molecule is CC1(C)CN(CCN2CCOCC2)Cc2ccccc21. The van der Waals surface area contributed by atoms with Gasteiger partial charge in [-0.3, -0.25) is 9.80 Å². The summed E-state index contributed by atoms with van der Waals surface area (Å²) >= 11 is 0. The van der Waals surface area contributed by atoms with Crippen LogP contribution >= 0.6 is 0 Å². The zero-order chi connectivity index (χ0) is 14.0. The summed E-state index contributed by atoms with van der Waals surface area (Å²) in [5.41, 5.74) is 3.30. The Labute approximate surface area is 122 Å². The first-order chi connectivity index (χ1) is 9.65. The van der Waals surface area contributed by atoms with Gasteiger partial charge in [-0.2, -0.15) is 0 Å². The number of ether oxygens (including phenoxy) is 1. The van der Waals surface area contributed by atoms with E-state index in [1.807, 2.05) is 0 Å². The van der Waals surface area contributed by atoms with Crippen molar-refractivity contribution >= 4 is 0 Å². The second kappa shape index (κ2) is 5.84. The zero-order valence-electron chi connectivity index (χ0n) is 12.8. The van der Waals surface area contributed by atoms with E-state index in [0.29, 0.717) is 0 Å². The molecule has 0 radical (unpaired) electrons. The Hall–Kier alpha value is -0.900. The summed E-state index contributed by atoms with van der Waals surface area (Å²) in [6.45, 7) is 13.3. The van der Waals surface area contributed by atoms with E-state index in [0.717, 1.165) is 45.9 Å². The summed E-state index contributed by atoms with van der Waals surface area (Å²) in [5, 5.41) is 0. The van der Waals surface area contributed by atoms with Crippen molar-refractivity contribution in [3.8, 4) is 0 Å². The van der Waals surface area contributed by atoms with Gasteiger partial charge in [0.25, 0.3) is 0 Å². The summed E-state index contributed by atoms with van der Waals surface area (Å²) in [6, 6.07) is 8.93. The van der Waals surface area contributed by atoms with Crippen LogP contribution in [0.2, 0.25) is 0 Å². The molecule has 0 N–H and O–H groups in total. The van der Waals surface area contributed by atoms with Crippen LogP contribution in [-0.2, 0) is 16.7 Å². The van der Waals surface area contributed by atoms with Crippen molar-refractivity contribution < 1.29 is 4.74 Å². The molecule has 0 atom stereocenters. The quantitative estimate of drug-likeness (QED) is 0.839. The smallest absolute Gasteiger partial charge is 0.0594 e. The number of benzene rings is 1. The lowest BCUT2D eigenvalue weighted by atomic mass is 9.78. The topological polar surface area (TPSA) is 15.7 Å². The second-order valence-corrected chi connectivity index (χ2v) is 6.71. The van der Waals surface area contributed by atoms with Crippen LogP contribution in [0.5, 0.6) is 0 Å². The van der Waals surface area contributed by atoms with Crippen molar-refractivity contribution in [2.24, 2.45) is 0 Å². The van der Waals surface area contributed by atoms with Gasteiger partial charge in [0.15, 0.2) is 0 Å². The average Bonchev–Trinajstić information content (AvgIpc) is 2.46. The molecule has 1 saturated heterocycles. The fraction of sp³-hybridized carbons (Fsp3) is 0.647. The highest BCUT2D eigenvalue weighted by atomic mass is 16.5. The number of morpholine rings is 1. The van der Waals surface area contributed by atoms with E-state index in [1.54, 1.807) is 0 Å². The van der Waals surface area contributed by atoms with Gasteiger partial charge in [0, 0.05) is 44.7 Å². The third-order valence-corrected chi connectivity index (χ3v) is 4.60. The van der Waals surface area contributed by atoms with E-state index in [-0.39, 0.29) is 5.41 Å². The highest BCUT2D eigenvalue weighted by molar-refractivity contribution is 5.35. The van der Waals surface area contributed by atoms with Crippen LogP contribution in [0.1, 0.15) is 25.0 Å². The number of nitrogens with zero attached hydrogens (tertiary/aromatic N) is 2. The molecule has 3 heteroatoms. The summed E-state index contributed by atoms with van der Waals surface area (Å²) in [4.78, 5) is 5.13. The molecule has 1 aromatic carbocycles. The fourth-order valence-corrected chi connectivity index (χ4v) is 3.53. The molecule has 0 bridgehead atoms. The maximum Gasteiger partial charge on any atom is 0.0594 e. The molecular formula is C17H26N2O. The van der Waals surface area contributed by atoms with Crippen LogP contribution in [0.4, 0.5) is 0 Å². The maximum atomic E-state index is 5.42. The highest BCUT2D eigenvalue weighted by Crippen LogP contribution is 2.32. The van der Waals surface area contributed by atoms with Gasteiger partial charge in [-0.15, -0.1) is 0 Å². The summed E-state index contributed by atoms with van der Waals surface area (Å²) < 4.78 is 5.42. The molecular weight excluding hydrogens is 248 g/mol. The summed E-state index contributed by atoms with van der Waals surface area (Å²) in [6.07, 6.45) is 0. The first-order valence-corrected chi connectivity index (χ1v) is 7.76. The molecule has 0 amide bonds. The van der Waals surface area contributed by atoms with E-state index < -0.39 is 0 Å². The predicted octanol–water partition coefficient (Wildman–Crippen LogP) is 2.11. The first-order valence-electron chi connectivity index (χ1n) is 7.76. The molecule has 0 spiro atoms. The molecule has 0 unspecified atom stereocenters. The lowest BCUT2D eigenvalue weighted by molar-refractivity contribution is 0.0312. The average molecular weight is 274 g/mol. The minimum absolute atomic E-state index is 0.264. The Bertz CT molecular complexity index is 452. The van der Waals surface area contributed by atoms with Crippen LogP contribution in [0, 0.1) is 0 Å². The van der Waals surface area contributed by atoms with Crippen LogP contribution in [0.3, 0.4) is 0 Å². The van der Waals surface area contributed by atoms with Gasteiger partial charge in [-0.1, -0.05) is 38.1 Å². The van der Waals surface area contributed by atoms with E-state index in [2.05, 4.69) is 47.9 Å². The lowest BCUT2D eigenvalue weighted by Gasteiger charge is -2.41.